The second-order valence-corrected chi connectivity index (χ2v) is 22.5. The first kappa shape index (κ1) is 72.8. The van der Waals surface area contributed by atoms with Crippen LogP contribution in [0, 0.1) is 0 Å². The summed E-state index contributed by atoms with van der Waals surface area (Å²) in [7, 11) is -5.74. The smallest absolute Gasteiger partial charge is 0.470 e. The molecule has 27 N–H and O–H groups in total. The Labute approximate surface area is 487 Å². The van der Waals surface area contributed by atoms with Gasteiger partial charge in [-0.3, -0.25) is 4.52 Å². The molecule has 0 spiro atoms. The molecule has 6 saturated heterocycles. The van der Waals surface area contributed by atoms with Crippen LogP contribution < -0.4 is 11.5 Å². The molecule has 6 heterocycles. The second-order valence-electron chi connectivity index (χ2n) is 21.4. The largest absolute Gasteiger partial charge is 0.477 e. The molecule has 0 aromatic carbocycles. The van der Waals surface area contributed by atoms with Crippen LogP contribution in [-0.4, -0.2) is 363 Å². The van der Waals surface area contributed by atoms with Crippen LogP contribution in [0.2, 0.25) is 0 Å². The van der Waals surface area contributed by atoms with E-state index in [2.05, 4.69) is 0 Å². The summed E-state index contributed by atoms with van der Waals surface area (Å²) in [4.78, 5) is 72.9. The van der Waals surface area contributed by atoms with Gasteiger partial charge in [-0.15, -0.1) is 0 Å². The molecule has 0 bridgehead atoms. The number of carboxylic acids is 4. The first-order chi connectivity index (χ1) is 40.4. The van der Waals surface area contributed by atoms with Crippen LogP contribution in [0.1, 0.15) is 25.7 Å². The Kier molecular flexibility index (Phi) is 24.1. The minimum Gasteiger partial charge on any atom is -0.477 e. The molecule has 43 heteroatoms. The van der Waals surface area contributed by atoms with E-state index < -0.39 is 279 Å². The third-order valence-corrected chi connectivity index (χ3v) is 15.8. The van der Waals surface area contributed by atoms with Gasteiger partial charge >= 0.3 is 31.7 Å². The maximum Gasteiger partial charge on any atom is 0.470 e. The molecule has 6 fully saturated rings. The van der Waals surface area contributed by atoms with E-state index in [0.29, 0.717) is 0 Å². The van der Waals surface area contributed by atoms with Crippen LogP contribution >= 0.6 is 7.82 Å². The highest BCUT2D eigenvalue weighted by molar-refractivity contribution is 7.46. The lowest BCUT2D eigenvalue weighted by Crippen LogP contribution is -2.70. The minimum absolute atomic E-state index is 0.877. The summed E-state index contributed by atoms with van der Waals surface area (Å²) in [6, 6.07) is -3.42. The van der Waals surface area contributed by atoms with Gasteiger partial charge in [0.05, 0.1) is 76.1 Å². The van der Waals surface area contributed by atoms with E-state index >= 15 is 0 Å². The van der Waals surface area contributed by atoms with Gasteiger partial charge in [-0.05, 0) is 0 Å². The fourth-order valence-electron chi connectivity index (χ4n) is 10.5. The molecule has 0 aromatic heterocycles. The van der Waals surface area contributed by atoms with Crippen molar-refractivity contribution in [3.63, 3.8) is 0 Å². The molecule has 0 aliphatic carbocycles. The summed E-state index contributed by atoms with van der Waals surface area (Å²) in [6.45, 7) is -7.88. The van der Waals surface area contributed by atoms with Crippen molar-refractivity contribution in [3.8, 4) is 0 Å². The van der Waals surface area contributed by atoms with E-state index in [4.69, 9.17) is 68.1 Å². The fraction of sp³-hybridized carbons (Fsp3) is 0.909. The topological polar surface area (TPSA) is 713 Å². The Hall–Kier alpha value is -3.21. The maximum atomic E-state index is 13.8. The number of ether oxygens (including phenoxy) is 11. The van der Waals surface area contributed by atoms with Gasteiger partial charge in [0, 0.05) is 25.7 Å². The molecular weight excluding hydrogens is 1230 g/mol. The number of phosphoric acid groups is 1. The van der Waals surface area contributed by atoms with Gasteiger partial charge < -0.3 is 181 Å². The number of carboxylic acid groups (broad SMARTS) is 4. The summed E-state index contributed by atoms with van der Waals surface area (Å²) >= 11 is 0. The average molecular weight is 1300 g/mol. The highest BCUT2D eigenvalue weighted by Crippen LogP contribution is 2.46. The van der Waals surface area contributed by atoms with Crippen LogP contribution in [0.15, 0.2) is 0 Å². The van der Waals surface area contributed by atoms with Crippen LogP contribution in [0.5, 0.6) is 0 Å². The molecular formula is C44H73N2O40P. The molecule has 6 aliphatic heterocycles. The van der Waals surface area contributed by atoms with Gasteiger partial charge in [0.1, 0.15) is 110 Å². The standard InChI is InChI=1S/C44H73N2O40P/c45-21-28(61)25(58)19(78-35(21)63)9-75-36-22(46)29(62)34(86-87(72,73)74)20(79-36)10-77-42(38(66)67)3-17(26(59)32(83-42)15(54)7-49)81-44(40(70)71)4-18(80-43(39(68)69)2-12(51)24(57)31(84-43)14(53)6-48)27(60)33(85-44)16(55)8-76-41(37(64)65)1-11(50)23(56)30(82-41)13(52)5-47/h11-36,47-63H,1-10,45-46H2,(H,64,65)(H,66,67)(H,68,69)(H,70,71)(H2,72,73,74)/t11-,12-,13-,14-,15-,16-,17-,18-,19-,20-,21-,22-,23-,24-,25-,26-,27-,28-,29-,30-,31-,32-,33-,34-,35+,36-,41-,42-,43-,44-/m1/s1. The number of aliphatic hydroxyl groups excluding tert-OH is 17. The summed E-state index contributed by atoms with van der Waals surface area (Å²) in [5.41, 5.74) is 11.7. The molecule has 504 valence electrons. The molecule has 30 atom stereocenters. The van der Waals surface area contributed by atoms with Crippen molar-refractivity contribution in [1.29, 1.82) is 0 Å². The van der Waals surface area contributed by atoms with Crippen molar-refractivity contribution in [3.05, 3.63) is 0 Å². The summed E-state index contributed by atoms with van der Waals surface area (Å²) in [5.74, 6) is -23.3. The molecule has 0 aromatic rings. The van der Waals surface area contributed by atoms with E-state index in [0.717, 1.165) is 0 Å². The maximum absolute atomic E-state index is 13.8. The number of hydrogen-bond donors (Lipinski definition) is 25. The van der Waals surface area contributed by atoms with Crippen molar-refractivity contribution < 1.29 is 197 Å². The average Bonchev–Trinajstić information content (AvgIpc) is 0.774. The number of rotatable bonds is 26. The summed E-state index contributed by atoms with van der Waals surface area (Å²) in [6.07, 6.45) is -60.7. The second kappa shape index (κ2) is 28.8. The fourth-order valence-corrected chi connectivity index (χ4v) is 11.1. The molecule has 0 saturated carbocycles. The molecule has 6 rings (SSSR count). The number of nitrogens with two attached hydrogens (primary N) is 2. The normalized spacial score (nSPS) is 45.3. The first-order valence-electron chi connectivity index (χ1n) is 26.2. The Balaban J connectivity index is 1.39. The van der Waals surface area contributed by atoms with Crippen molar-refractivity contribution in [2.75, 3.05) is 39.6 Å². The first-order valence-corrected chi connectivity index (χ1v) is 27.7. The Morgan fingerprint density at radius 1 is 0.494 bits per heavy atom. The van der Waals surface area contributed by atoms with Gasteiger partial charge in [-0.2, -0.15) is 0 Å². The highest BCUT2D eigenvalue weighted by atomic mass is 31.2. The predicted octanol–water partition coefficient (Wildman–Crippen LogP) is -14.7. The minimum atomic E-state index is -5.74. The van der Waals surface area contributed by atoms with E-state index in [1.807, 2.05) is 0 Å². The Bertz CT molecular complexity index is 2390. The highest BCUT2D eigenvalue weighted by Gasteiger charge is 2.65. The zero-order chi connectivity index (χ0) is 65.4. The molecule has 0 unspecified atom stereocenters. The zero-order valence-corrected chi connectivity index (χ0v) is 45.8. The van der Waals surface area contributed by atoms with Crippen LogP contribution in [-0.2, 0) is 80.4 Å². The molecule has 0 radical (unpaired) electrons. The zero-order valence-electron chi connectivity index (χ0n) is 44.9. The van der Waals surface area contributed by atoms with Gasteiger partial charge in [0.2, 0.25) is 0 Å². The third-order valence-electron chi connectivity index (χ3n) is 15.3. The lowest BCUT2D eigenvalue weighted by molar-refractivity contribution is -0.395. The van der Waals surface area contributed by atoms with Crippen molar-refractivity contribution >= 4 is 31.7 Å². The Morgan fingerprint density at radius 2 is 0.897 bits per heavy atom. The Morgan fingerprint density at radius 3 is 1.34 bits per heavy atom. The SMILES string of the molecule is N[C@@H]1[C@@H](O)[C@H](O)[C@@H](CO[C@@H]2O[C@H](CO[C@]3(C(=O)O)C[C@@H](O[C@]4(C(=O)O)C[C@@H](O[C@]5(C(=O)O)C[C@@H](O)[C@@H](O)[C@@H]([C@H](O)CO)O5)[C@@H](O)[C@@H]([C@H](O)CO[C@]5(C(=O)O)C[C@@H](O)[C@@H](O)[C@@H]([C@H](O)CO)O5)O4)[C@@H](O)[C@@H]([C@H](O)CO)O3)[C@@H](OP(=O)(O)O)[C@H](O)[C@H]2N)O[C@@H]1O. The van der Waals surface area contributed by atoms with Gasteiger partial charge in [0.15, 0.2) is 12.6 Å². The van der Waals surface area contributed by atoms with Crippen LogP contribution in [0.3, 0.4) is 0 Å². The van der Waals surface area contributed by atoms with Crippen LogP contribution in [0.4, 0.5) is 0 Å². The number of aliphatic carboxylic acids is 4. The number of aliphatic hydroxyl groups is 17. The predicted molar refractivity (Wildman–Crippen MR) is 259 cm³/mol. The van der Waals surface area contributed by atoms with Crippen molar-refractivity contribution in [1.82, 2.24) is 0 Å². The van der Waals surface area contributed by atoms with Gasteiger partial charge in [0.25, 0.3) is 23.1 Å². The number of hydrogen-bond acceptors (Lipinski definition) is 36. The van der Waals surface area contributed by atoms with Crippen LogP contribution in [0.25, 0.3) is 0 Å². The third kappa shape index (κ3) is 15.5. The van der Waals surface area contributed by atoms with Gasteiger partial charge in [-0.1, -0.05) is 0 Å². The molecule has 0 amide bonds. The summed E-state index contributed by atoms with van der Waals surface area (Å²) in [5, 5.41) is 224. The molecule has 6 aliphatic rings. The quantitative estimate of drug-likeness (QED) is 0.0358. The van der Waals surface area contributed by atoms with E-state index in [9.17, 15) is 141 Å². The molecule has 87 heavy (non-hydrogen) atoms. The van der Waals surface area contributed by atoms with Gasteiger partial charge in [-0.25, -0.2) is 23.7 Å². The molecule has 42 nitrogen and oxygen atoms in total. The summed E-state index contributed by atoms with van der Waals surface area (Å²) < 4.78 is 77.6. The van der Waals surface area contributed by atoms with Crippen molar-refractivity contribution in [2.45, 2.75) is 208 Å². The monoisotopic (exact) mass is 1300 g/mol. The van der Waals surface area contributed by atoms with E-state index in [1.165, 1.54) is 0 Å². The van der Waals surface area contributed by atoms with E-state index in [-0.39, 0.29) is 0 Å². The lowest BCUT2D eigenvalue weighted by atomic mass is 9.88. The number of phosphoric ester groups is 1. The van der Waals surface area contributed by atoms with E-state index in [1.54, 1.807) is 0 Å². The number of carbonyl (C=O) groups is 4. The lowest BCUT2D eigenvalue weighted by Gasteiger charge is -2.52. The van der Waals surface area contributed by atoms with Crippen molar-refractivity contribution in [2.24, 2.45) is 11.5 Å².